The number of carbonyl (C=O) groups is 6. The number of nitrogens with zero attached hydrogens (tertiary/aromatic N) is 7. The van der Waals surface area contributed by atoms with Gasteiger partial charge in [0.2, 0.25) is 23.6 Å². The molecule has 1 aromatic carbocycles. The first-order chi connectivity index (χ1) is 32.1. The summed E-state index contributed by atoms with van der Waals surface area (Å²) in [6.45, 7) is 4.60. The van der Waals surface area contributed by atoms with Crippen LogP contribution in [0.4, 0.5) is 23.1 Å². The first kappa shape index (κ1) is 47.4. The number of hydrogen-bond acceptors (Lipinski definition) is 16. The van der Waals surface area contributed by atoms with Crippen molar-refractivity contribution in [2.45, 2.75) is 76.9 Å². The van der Waals surface area contributed by atoms with Crippen LogP contribution in [0.15, 0.2) is 48.8 Å². The molecule has 21 heteroatoms. The fraction of sp³-hybridized carbons (Fsp3) is 0.489. The van der Waals surface area contributed by atoms with Crippen molar-refractivity contribution >= 4 is 64.2 Å². The zero-order valence-corrected chi connectivity index (χ0v) is 37.0. The van der Waals surface area contributed by atoms with Crippen LogP contribution < -0.4 is 31.5 Å². The Balaban J connectivity index is 0.826. The number of pyridine rings is 1. The van der Waals surface area contributed by atoms with Gasteiger partial charge in [-0.2, -0.15) is 9.61 Å². The SMILES string of the molecule is CCc1cnn2c(N(Cc3ccc(N)nc3)C(=O)CCOCCOCCOCCNC(=O)CNc3cccc4c3C(=O)N(C3CCC(=O)NC3=O)C4=O)cc(N3CCCC[C@H]3CCO)nc12. The Kier molecular flexibility index (Phi) is 16.2. The third kappa shape index (κ3) is 11.3. The van der Waals surface area contributed by atoms with E-state index in [1.165, 1.54) is 6.07 Å². The molecule has 0 radical (unpaired) electrons. The van der Waals surface area contributed by atoms with E-state index in [1.54, 1.807) is 40.0 Å². The molecular formula is C45H57N11O10. The van der Waals surface area contributed by atoms with Crippen LogP contribution in [-0.2, 0) is 46.4 Å². The molecule has 3 aliphatic heterocycles. The van der Waals surface area contributed by atoms with Gasteiger partial charge >= 0.3 is 0 Å². The summed E-state index contributed by atoms with van der Waals surface area (Å²) in [5.41, 5.74) is 8.74. The van der Waals surface area contributed by atoms with Gasteiger partial charge in [0.05, 0.1) is 76.5 Å². The first-order valence-electron chi connectivity index (χ1n) is 22.4. The summed E-state index contributed by atoms with van der Waals surface area (Å²) < 4.78 is 18.7. The Morgan fingerprint density at radius 3 is 2.50 bits per heavy atom. The largest absolute Gasteiger partial charge is 0.396 e. The van der Waals surface area contributed by atoms with Crippen molar-refractivity contribution < 1.29 is 48.1 Å². The molecule has 4 aromatic rings. The quantitative estimate of drug-likeness (QED) is 0.0523. The van der Waals surface area contributed by atoms with E-state index in [2.05, 4.69) is 30.9 Å². The fourth-order valence-corrected chi connectivity index (χ4v) is 8.33. The molecule has 6 heterocycles. The molecule has 7 rings (SSSR count). The number of aromatic nitrogens is 4. The van der Waals surface area contributed by atoms with E-state index in [4.69, 9.17) is 24.9 Å². The number of benzene rings is 1. The van der Waals surface area contributed by atoms with Crippen LogP contribution in [0.1, 0.15) is 83.7 Å². The van der Waals surface area contributed by atoms with Crippen molar-refractivity contribution in [1.82, 2.24) is 35.1 Å². The van der Waals surface area contributed by atoms with Gasteiger partial charge in [0.25, 0.3) is 11.8 Å². The number of nitrogen functional groups attached to an aromatic ring is 1. The molecular weight excluding hydrogens is 855 g/mol. The molecule has 3 aliphatic rings. The Bertz CT molecular complexity index is 2390. The van der Waals surface area contributed by atoms with E-state index in [9.17, 15) is 33.9 Å². The number of amides is 6. The molecule has 352 valence electrons. The molecule has 3 aromatic heterocycles. The molecule has 21 nitrogen and oxygen atoms in total. The molecule has 6 N–H and O–H groups in total. The van der Waals surface area contributed by atoms with E-state index in [-0.39, 0.29) is 120 Å². The topological polar surface area (TPSA) is 265 Å². The number of hydrogen-bond donors (Lipinski definition) is 5. The average Bonchev–Trinajstić information content (AvgIpc) is 3.85. The summed E-state index contributed by atoms with van der Waals surface area (Å²) in [6.07, 6.45) is 7.94. The van der Waals surface area contributed by atoms with Crippen LogP contribution in [0.2, 0.25) is 0 Å². The minimum absolute atomic E-state index is 0.0122. The van der Waals surface area contributed by atoms with Gasteiger partial charge in [0.1, 0.15) is 23.5 Å². The number of anilines is 4. The van der Waals surface area contributed by atoms with Crippen molar-refractivity contribution in [2.75, 3.05) is 86.7 Å². The monoisotopic (exact) mass is 911 g/mol. The number of nitrogens with one attached hydrogen (secondary N) is 3. The third-order valence-corrected chi connectivity index (χ3v) is 11.7. The number of aliphatic hydroxyl groups excluding tert-OH is 1. The fourth-order valence-electron chi connectivity index (χ4n) is 8.33. The van der Waals surface area contributed by atoms with Crippen molar-refractivity contribution in [3.05, 3.63) is 71.0 Å². The van der Waals surface area contributed by atoms with Gasteiger partial charge in [-0.05, 0) is 62.3 Å². The van der Waals surface area contributed by atoms with E-state index in [1.807, 2.05) is 19.1 Å². The van der Waals surface area contributed by atoms with Gasteiger partial charge in [-0.3, -0.25) is 43.9 Å². The van der Waals surface area contributed by atoms with E-state index >= 15 is 0 Å². The number of ether oxygens (including phenoxy) is 3. The summed E-state index contributed by atoms with van der Waals surface area (Å²) in [5, 5.41) is 22.3. The average molecular weight is 912 g/mol. The number of rotatable bonds is 23. The normalized spacial score (nSPS) is 17.3. The highest BCUT2D eigenvalue weighted by Gasteiger charge is 2.45. The maximum absolute atomic E-state index is 14.1. The molecule has 1 unspecified atom stereocenters. The molecule has 0 saturated carbocycles. The second-order valence-corrected chi connectivity index (χ2v) is 16.1. The van der Waals surface area contributed by atoms with E-state index < -0.39 is 29.7 Å². The number of nitrogens with two attached hydrogens (primary N) is 1. The third-order valence-electron chi connectivity index (χ3n) is 11.7. The van der Waals surface area contributed by atoms with Crippen molar-refractivity contribution in [3.8, 4) is 0 Å². The van der Waals surface area contributed by atoms with Crippen LogP contribution in [0.25, 0.3) is 5.65 Å². The Hall–Kier alpha value is -6.55. The molecule has 0 bridgehead atoms. The summed E-state index contributed by atoms with van der Waals surface area (Å²) in [7, 11) is 0. The number of imide groups is 2. The molecule has 0 spiro atoms. The number of aliphatic hydroxyl groups is 1. The minimum Gasteiger partial charge on any atom is -0.396 e. The van der Waals surface area contributed by atoms with Crippen LogP contribution in [0.3, 0.4) is 0 Å². The van der Waals surface area contributed by atoms with Gasteiger partial charge in [-0.15, -0.1) is 0 Å². The van der Waals surface area contributed by atoms with Crippen molar-refractivity contribution in [2.24, 2.45) is 0 Å². The summed E-state index contributed by atoms with van der Waals surface area (Å²) in [5.74, 6) is -1.34. The van der Waals surface area contributed by atoms with Gasteiger partial charge in [0, 0.05) is 55.7 Å². The number of carbonyl (C=O) groups excluding carboxylic acids is 6. The lowest BCUT2D eigenvalue weighted by atomic mass is 9.99. The van der Waals surface area contributed by atoms with Crippen molar-refractivity contribution in [1.29, 1.82) is 0 Å². The lowest BCUT2D eigenvalue weighted by molar-refractivity contribution is -0.136. The highest BCUT2D eigenvalue weighted by atomic mass is 16.5. The predicted octanol–water partition coefficient (Wildman–Crippen LogP) is 1.61. The maximum Gasteiger partial charge on any atom is 0.264 e. The predicted molar refractivity (Wildman–Crippen MR) is 241 cm³/mol. The molecule has 2 fully saturated rings. The number of aryl methyl sites for hydroxylation is 1. The summed E-state index contributed by atoms with van der Waals surface area (Å²) in [4.78, 5) is 91.1. The minimum atomic E-state index is -1.09. The smallest absolute Gasteiger partial charge is 0.264 e. The highest BCUT2D eigenvalue weighted by molar-refractivity contribution is 6.25. The molecule has 66 heavy (non-hydrogen) atoms. The van der Waals surface area contributed by atoms with Crippen LogP contribution in [0.5, 0.6) is 0 Å². The molecule has 6 amide bonds. The summed E-state index contributed by atoms with van der Waals surface area (Å²) in [6, 6.07) is 9.11. The number of fused-ring (bicyclic) bond motifs is 2. The van der Waals surface area contributed by atoms with E-state index in [0.717, 1.165) is 47.7 Å². The zero-order chi connectivity index (χ0) is 46.6. The summed E-state index contributed by atoms with van der Waals surface area (Å²) >= 11 is 0. The molecule has 2 atom stereocenters. The van der Waals surface area contributed by atoms with Gasteiger partial charge in [-0.1, -0.05) is 19.1 Å². The van der Waals surface area contributed by atoms with Gasteiger partial charge in [-0.25, -0.2) is 9.97 Å². The zero-order valence-electron chi connectivity index (χ0n) is 37.0. The van der Waals surface area contributed by atoms with Crippen LogP contribution in [0, 0.1) is 0 Å². The highest BCUT2D eigenvalue weighted by Crippen LogP contribution is 2.33. The maximum atomic E-state index is 14.1. The molecule has 2 saturated heterocycles. The van der Waals surface area contributed by atoms with Crippen molar-refractivity contribution in [3.63, 3.8) is 0 Å². The van der Waals surface area contributed by atoms with Crippen LogP contribution >= 0.6 is 0 Å². The second kappa shape index (κ2) is 22.6. The first-order valence-corrected chi connectivity index (χ1v) is 22.4. The standard InChI is InChI=1S/C45H57N11O10/c1-2-30-26-50-56-39(24-36(51-42(30)56)53-16-4-3-6-31(53)13-17-57)54(28-29-9-11-35(46)49-25-29)40(60)14-18-64-20-22-66-23-21-65-19-15-47-38(59)27-48-33-8-5-7-32-41(33)45(63)55(44(32)62)34-10-12-37(58)52-43(34)61/h5,7-9,11,24-26,31,34,48,57H,2-4,6,10,12-23,27-28H2,1H3,(H2,46,49)(H,47,59)(H,52,58,61)/t31-,34?/m0/s1. The Morgan fingerprint density at radius 1 is 0.970 bits per heavy atom. The lowest BCUT2D eigenvalue weighted by Gasteiger charge is -2.37. The lowest BCUT2D eigenvalue weighted by Crippen LogP contribution is -2.54. The van der Waals surface area contributed by atoms with Crippen LogP contribution in [-0.4, -0.2) is 143 Å². The second-order valence-electron chi connectivity index (χ2n) is 16.1. The molecule has 0 aliphatic carbocycles. The number of piperidine rings is 2. The van der Waals surface area contributed by atoms with Gasteiger partial charge in [0.15, 0.2) is 5.65 Å². The Labute approximate surface area is 381 Å². The van der Waals surface area contributed by atoms with Gasteiger partial charge < -0.3 is 40.6 Å². The van der Waals surface area contributed by atoms with E-state index in [0.29, 0.717) is 30.1 Å². The Morgan fingerprint density at radius 2 is 1.76 bits per heavy atom.